The van der Waals surface area contributed by atoms with Gasteiger partial charge in [-0.25, -0.2) is 18.5 Å². The maximum Gasteiger partial charge on any atom is 0.273 e. The van der Waals surface area contributed by atoms with Crippen molar-refractivity contribution in [1.29, 1.82) is 0 Å². The third-order valence-electron chi connectivity index (χ3n) is 2.47. The largest absolute Gasteiger partial charge is 0.430 e. The van der Waals surface area contributed by atoms with E-state index >= 15 is 0 Å². The first kappa shape index (κ1) is 13.3. The van der Waals surface area contributed by atoms with Gasteiger partial charge in [-0.05, 0) is 44.0 Å². The van der Waals surface area contributed by atoms with Gasteiger partial charge in [-0.2, -0.15) is 0 Å². The summed E-state index contributed by atoms with van der Waals surface area (Å²) in [7, 11) is -3.68. The van der Waals surface area contributed by atoms with Gasteiger partial charge in [0.15, 0.2) is 5.76 Å². The van der Waals surface area contributed by atoms with Gasteiger partial charge in [-0.1, -0.05) is 5.92 Å². The Hall–Kier alpha value is -2.10. The Bertz CT molecular complexity index is 762. The van der Waals surface area contributed by atoms with Crippen LogP contribution in [0.4, 0.5) is 0 Å². The molecule has 5 nitrogen and oxygen atoms in total. The standard InChI is InChI=1S/C13H12N2O3S/c1-3-4-12-15-9(2)13(18-12)10-5-7-11(8-6-10)19(14,16)17/h5-8H,1-2H3,(H2,14,16,17). The Kier molecular flexibility index (Phi) is 3.42. The maximum absolute atomic E-state index is 11.2. The van der Waals surface area contributed by atoms with Crippen LogP contribution >= 0.6 is 0 Å². The van der Waals surface area contributed by atoms with Gasteiger partial charge < -0.3 is 4.42 Å². The van der Waals surface area contributed by atoms with Crippen molar-refractivity contribution in [1.82, 2.24) is 4.98 Å². The Morgan fingerprint density at radius 1 is 1.26 bits per heavy atom. The molecule has 0 fully saturated rings. The van der Waals surface area contributed by atoms with Crippen LogP contribution in [0.3, 0.4) is 0 Å². The molecule has 1 aromatic heterocycles. The van der Waals surface area contributed by atoms with Crippen LogP contribution in [0.15, 0.2) is 33.6 Å². The Balaban J connectivity index is 2.45. The number of benzene rings is 1. The highest BCUT2D eigenvalue weighted by Gasteiger charge is 2.12. The van der Waals surface area contributed by atoms with Gasteiger partial charge in [-0.15, -0.1) is 0 Å². The number of nitrogens with zero attached hydrogens (tertiary/aromatic N) is 1. The second kappa shape index (κ2) is 4.88. The summed E-state index contributed by atoms with van der Waals surface area (Å²) < 4.78 is 27.8. The van der Waals surface area contributed by atoms with Crippen LogP contribution in [-0.4, -0.2) is 13.4 Å². The Labute approximate surface area is 111 Å². The minimum Gasteiger partial charge on any atom is -0.430 e. The van der Waals surface area contributed by atoms with Gasteiger partial charge in [0.1, 0.15) is 0 Å². The summed E-state index contributed by atoms with van der Waals surface area (Å²) in [6.45, 7) is 3.49. The first-order valence-electron chi connectivity index (χ1n) is 5.45. The fourth-order valence-corrected chi connectivity index (χ4v) is 2.14. The summed E-state index contributed by atoms with van der Waals surface area (Å²) in [6, 6.07) is 6.10. The number of hydrogen-bond donors (Lipinski definition) is 1. The quantitative estimate of drug-likeness (QED) is 0.845. The third-order valence-corrected chi connectivity index (χ3v) is 3.40. The van der Waals surface area contributed by atoms with E-state index in [1.165, 1.54) is 12.1 Å². The van der Waals surface area contributed by atoms with Crippen molar-refractivity contribution < 1.29 is 12.8 Å². The topological polar surface area (TPSA) is 86.2 Å². The molecule has 98 valence electrons. The van der Waals surface area contributed by atoms with Crippen LogP contribution in [0.25, 0.3) is 11.3 Å². The minimum atomic E-state index is -3.68. The lowest BCUT2D eigenvalue weighted by atomic mass is 10.1. The van der Waals surface area contributed by atoms with E-state index in [1.54, 1.807) is 26.0 Å². The van der Waals surface area contributed by atoms with E-state index in [0.717, 1.165) is 5.56 Å². The van der Waals surface area contributed by atoms with Gasteiger partial charge in [0.05, 0.1) is 10.6 Å². The zero-order valence-electron chi connectivity index (χ0n) is 10.5. The highest BCUT2D eigenvalue weighted by atomic mass is 32.2. The maximum atomic E-state index is 11.2. The number of oxazole rings is 1. The molecular weight excluding hydrogens is 264 g/mol. The van der Waals surface area contributed by atoms with Gasteiger partial charge in [-0.3, -0.25) is 0 Å². The second-order valence-corrected chi connectivity index (χ2v) is 5.44. The first-order valence-corrected chi connectivity index (χ1v) is 7.00. The fraction of sp³-hybridized carbons (Fsp3) is 0.154. The fourth-order valence-electron chi connectivity index (χ4n) is 1.62. The molecule has 1 heterocycles. The molecule has 1 aromatic carbocycles. The molecule has 2 N–H and O–H groups in total. The molecule has 0 saturated heterocycles. The number of aryl methyl sites for hydroxylation is 1. The molecule has 0 saturated carbocycles. The van der Waals surface area contributed by atoms with E-state index in [-0.39, 0.29) is 4.90 Å². The summed E-state index contributed by atoms with van der Waals surface area (Å²) in [4.78, 5) is 4.22. The SMILES string of the molecule is CC#Cc1nc(C)c(-c2ccc(S(N)(=O)=O)cc2)o1. The summed E-state index contributed by atoms with van der Waals surface area (Å²) in [5.41, 5.74) is 1.42. The summed E-state index contributed by atoms with van der Waals surface area (Å²) >= 11 is 0. The number of primary sulfonamides is 1. The molecule has 0 radical (unpaired) electrons. The third kappa shape index (κ3) is 2.84. The molecule has 0 aliphatic rings. The lowest BCUT2D eigenvalue weighted by Gasteiger charge is -2.00. The van der Waals surface area contributed by atoms with Crippen molar-refractivity contribution >= 4 is 10.0 Å². The zero-order chi connectivity index (χ0) is 14.0. The summed E-state index contributed by atoms with van der Waals surface area (Å²) in [5.74, 6) is 6.34. The highest BCUT2D eigenvalue weighted by molar-refractivity contribution is 7.89. The normalized spacial score (nSPS) is 10.9. The van der Waals surface area contributed by atoms with Crippen molar-refractivity contribution in [3.05, 3.63) is 35.9 Å². The smallest absolute Gasteiger partial charge is 0.273 e. The number of hydrogen-bond acceptors (Lipinski definition) is 4. The molecule has 0 bridgehead atoms. The molecule has 6 heteroatoms. The van der Waals surface area contributed by atoms with Crippen LogP contribution in [0.1, 0.15) is 18.5 Å². The number of rotatable bonds is 2. The average Bonchev–Trinajstić information content (AvgIpc) is 2.70. The van der Waals surface area contributed by atoms with Crippen LogP contribution < -0.4 is 5.14 Å². The molecule has 0 aliphatic heterocycles. The van der Waals surface area contributed by atoms with Gasteiger partial charge in [0.2, 0.25) is 10.0 Å². The molecule has 2 aromatic rings. The molecule has 2 rings (SSSR count). The summed E-state index contributed by atoms with van der Waals surface area (Å²) in [5, 5.41) is 5.04. The average molecular weight is 276 g/mol. The van der Waals surface area contributed by atoms with Crippen molar-refractivity contribution in [2.24, 2.45) is 5.14 Å². The van der Waals surface area contributed by atoms with E-state index in [2.05, 4.69) is 16.8 Å². The summed E-state index contributed by atoms with van der Waals surface area (Å²) in [6.07, 6.45) is 0. The molecule has 0 amide bonds. The molecule has 19 heavy (non-hydrogen) atoms. The van der Waals surface area contributed by atoms with Gasteiger partial charge >= 0.3 is 0 Å². The molecule has 0 unspecified atom stereocenters. The molecule has 0 aliphatic carbocycles. The molecule has 0 atom stereocenters. The highest BCUT2D eigenvalue weighted by Crippen LogP contribution is 2.25. The lowest BCUT2D eigenvalue weighted by Crippen LogP contribution is -2.11. The predicted molar refractivity (Wildman–Crippen MR) is 70.6 cm³/mol. The lowest BCUT2D eigenvalue weighted by molar-refractivity contribution is 0.556. The van der Waals surface area contributed by atoms with Crippen molar-refractivity contribution in [3.8, 4) is 23.2 Å². The minimum absolute atomic E-state index is 0.0574. The van der Waals surface area contributed by atoms with E-state index in [0.29, 0.717) is 17.3 Å². The van der Waals surface area contributed by atoms with E-state index in [1.807, 2.05) is 0 Å². The number of nitrogens with two attached hydrogens (primary N) is 1. The Morgan fingerprint density at radius 2 is 1.89 bits per heavy atom. The van der Waals surface area contributed by atoms with E-state index in [4.69, 9.17) is 9.56 Å². The Morgan fingerprint density at radius 3 is 2.42 bits per heavy atom. The van der Waals surface area contributed by atoms with Gasteiger partial charge in [0, 0.05) is 5.56 Å². The first-order chi connectivity index (χ1) is 8.91. The number of sulfonamides is 1. The van der Waals surface area contributed by atoms with E-state index < -0.39 is 10.0 Å². The van der Waals surface area contributed by atoms with Crippen LogP contribution in [0.2, 0.25) is 0 Å². The van der Waals surface area contributed by atoms with E-state index in [9.17, 15) is 8.42 Å². The monoisotopic (exact) mass is 276 g/mol. The second-order valence-electron chi connectivity index (χ2n) is 3.88. The number of aromatic nitrogens is 1. The van der Waals surface area contributed by atoms with Crippen LogP contribution in [0, 0.1) is 18.8 Å². The van der Waals surface area contributed by atoms with Crippen LogP contribution in [0.5, 0.6) is 0 Å². The molecular formula is C13H12N2O3S. The van der Waals surface area contributed by atoms with Crippen LogP contribution in [-0.2, 0) is 10.0 Å². The van der Waals surface area contributed by atoms with Crippen molar-refractivity contribution in [2.45, 2.75) is 18.7 Å². The zero-order valence-corrected chi connectivity index (χ0v) is 11.3. The van der Waals surface area contributed by atoms with Gasteiger partial charge in [0.25, 0.3) is 5.89 Å². The predicted octanol–water partition coefficient (Wildman–Crippen LogP) is 1.67. The van der Waals surface area contributed by atoms with Crippen molar-refractivity contribution in [3.63, 3.8) is 0 Å². The molecule has 0 spiro atoms. The van der Waals surface area contributed by atoms with Crippen molar-refractivity contribution in [2.75, 3.05) is 0 Å².